The Labute approximate surface area is 159 Å². The molecule has 1 aromatic carbocycles. The number of urea groups is 1. The molecule has 6 nitrogen and oxygen atoms in total. The van der Waals surface area contributed by atoms with Crippen molar-refractivity contribution in [3.63, 3.8) is 0 Å². The van der Waals surface area contributed by atoms with Crippen molar-refractivity contribution in [2.75, 3.05) is 0 Å². The maximum absolute atomic E-state index is 13.2. The summed E-state index contributed by atoms with van der Waals surface area (Å²) >= 11 is 1.64. The third-order valence-electron chi connectivity index (χ3n) is 5.24. The Morgan fingerprint density at radius 3 is 2.93 bits per heavy atom. The van der Waals surface area contributed by atoms with Gasteiger partial charge in [0.2, 0.25) is 5.89 Å². The summed E-state index contributed by atoms with van der Waals surface area (Å²) < 4.78 is 5.78. The summed E-state index contributed by atoms with van der Waals surface area (Å²) in [6.07, 6.45) is 4.08. The number of nitrogens with zero attached hydrogens (tertiary/aromatic N) is 2. The molecule has 5 rings (SSSR count). The van der Waals surface area contributed by atoms with Crippen LogP contribution in [0.5, 0.6) is 0 Å². The van der Waals surface area contributed by atoms with E-state index in [0.29, 0.717) is 18.1 Å². The van der Waals surface area contributed by atoms with Crippen molar-refractivity contribution in [2.24, 2.45) is 0 Å². The second kappa shape index (κ2) is 6.06. The summed E-state index contributed by atoms with van der Waals surface area (Å²) in [5.41, 5.74) is 0.913. The predicted octanol–water partition coefficient (Wildman–Crippen LogP) is 3.69. The van der Waals surface area contributed by atoms with Gasteiger partial charge in [0.25, 0.3) is 5.91 Å². The summed E-state index contributed by atoms with van der Waals surface area (Å²) in [4.78, 5) is 32.5. The highest BCUT2D eigenvalue weighted by atomic mass is 32.1. The highest BCUT2D eigenvalue weighted by Gasteiger charge is 2.54. The largest absolute Gasteiger partial charge is 0.439 e. The molecular weight excluding hydrogens is 362 g/mol. The fourth-order valence-electron chi connectivity index (χ4n) is 3.94. The molecule has 2 aromatic heterocycles. The smallest absolute Gasteiger partial charge is 0.325 e. The van der Waals surface area contributed by atoms with Gasteiger partial charge in [-0.3, -0.25) is 9.69 Å². The summed E-state index contributed by atoms with van der Waals surface area (Å²) in [7, 11) is 0. The lowest BCUT2D eigenvalue weighted by molar-refractivity contribution is -0.132. The lowest BCUT2D eigenvalue weighted by atomic mass is 9.80. The molecule has 1 aliphatic carbocycles. The summed E-state index contributed by atoms with van der Waals surface area (Å²) in [6.45, 7) is 0.0265. The number of imide groups is 1. The van der Waals surface area contributed by atoms with E-state index in [1.807, 2.05) is 41.8 Å². The molecule has 27 heavy (non-hydrogen) atoms. The molecule has 1 saturated heterocycles. The van der Waals surface area contributed by atoms with Gasteiger partial charge in [-0.25, -0.2) is 9.78 Å². The van der Waals surface area contributed by atoms with Crippen LogP contribution in [0.2, 0.25) is 0 Å². The Morgan fingerprint density at radius 1 is 1.22 bits per heavy atom. The van der Waals surface area contributed by atoms with E-state index in [1.54, 1.807) is 17.5 Å². The Bertz CT molecular complexity index is 1030. The fourth-order valence-corrected chi connectivity index (χ4v) is 4.94. The lowest BCUT2D eigenvalue weighted by Crippen LogP contribution is -2.46. The molecule has 0 bridgehead atoms. The van der Waals surface area contributed by atoms with Gasteiger partial charge in [-0.05, 0) is 30.7 Å². The van der Waals surface area contributed by atoms with Gasteiger partial charge in [0.1, 0.15) is 12.1 Å². The molecule has 1 fully saturated rings. The van der Waals surface area contributed by atoms with Crippen molar-refractivity contribution in [1.29, 1.82) is 0 Å². The first-order valence-corrected chi connectivity index (χ1v) is 9.76. The second-order valence-electron chi connectivity index (χ2n) is 6.82. The average Bonchev–Trinajstić information content (AvgIpc) is 3.40. The van der Waals surface area contributed by atoms with E-state index in [1.165, 1.54) is 9.78 Å². The first-order valence-electron chi connectivity index (χ1n) is 8.88. The number of thiophene rings is 1. The maximum atomic E-state index is 13.2. The summed E-state index contributed by atoms with van der Waals surface area (Å²) in [6, 6.07) is 11.2. The average molecular weight is 379 g/mol. The van der Waals surface area contributed by atoms with Crippen LogP contribution in [0.3, 0.4) is 0 Å². The Kier molecular flexibility index (Phi) is 3.65. The lowest BCUT2D eigenvalue weighted by Gasteiger charge is -2.31. The van der Waals surface area contributed by atoms with Crippen molar-refractivity contribution < 1.29 is 14.0 Å². The van der Waals surface area contributed by atoms with Crippen LogP contribution in [0.25, 0.3) is 11.3 Å². The van der Waals surface area contributed by atoms with Crippen LogP contribution in [0.4, 0.5) is 4.79 Å². The number of hydrogen-bond acceptors (Lipinski definition) is 5. The zero-order chi connectivity index (χ0) is 18.4. The Hall–Kier alpha value is -2.93. The van der Waals surface area contributed by atoms with Crippen LogP contribution in [0.15, 0.2) is 52.4 Å². The highest BCUT2D eigenvalue weighted by Crippen LogP contribution is 2.42. The van der Waals surface area contributed by atoms with Gasteiger partial charge < -0.3 is 9.73 Å². The number of fused-ring (bicyclic) bond motifs is 2. The normalized spacial score (nSPS) is 21.6. The van der Waals surface area contributed by atoms with Crippen molar-refractivity contribution in [3.8, 4) is 11.3 Å². The first kappa shape index (κ1) is 16.3. The number of carbonyl (C=O) groups is 2. The number of aryl methyl sites for hydroxylation is 1. The quantitative estimate of drug-likeness (QED) is 0.704. The number of hydrogen-bond donors (Lipinski definition) is 1. The Morgan fingerprint density at radius 2 is 2.07 bits per heavy atom. The highest BCUT2D eigenvalue weighted by molar-refractivity contribution is 7.10. The van der Waals surface area contributed by atoms with E-state index in [-0.39, 0.29) is 12.5 Å². The number of aromatic nitrogens is 1. The molecular formula is C20H17N3O3S. The molecule has 7 heteroatoms. The van der Waals surface area contributed by atoms with Gasteiger partial charge in [0.15, 0.2) is 5.76 Å². The number of carbonyl (C=O) groups excluding carboxylic acids is 2. The van der Waals surface area contributed by atoms with Gasteiger partial charge in [0, 0.05) is 16.0 Å². The molecule has 1 atom stereocenters. The minimum Gasteiger partial charge on any atom is -0.439 e. The second-order valence-corrected chi connectivity index (χ2v) is 7.82. The third-order valence-corrected chi connectivity index (χ3v) is 6.22. The zero-order valence-electron chi connectivity index (χ0n) is 14.5. The van der Waals surface area contributed by atoms with Gasteiger partial charge >= 0.3 is 6.03 Å². The topological polar surface area (TPSA) is 75.4 Å². The molecule has 1 N–H and O–H groups in total. The number of benzene rings is 1. The van der Waals surface area contributed by atoms with Gasteiger partial charge in [-0.2, -0.15) is 0 Å². The van der Waals surface area contributed by atoms with Crippen molar-refractivity contribution in [3.05, 3.63) is 64.3 Å². The minimum absolute atomic E-state index is 0.0265. The molecule has 136 valence electrons. The fraction of sp³-hybridized carbons (Fsp3) is 0.250. The number of amides is 3. The number of nitrogens with one attached hydrogen (secondary N) is 1. The van der Waals surface area contributed by atoms with Crippen LogP contribution in [0.1, 0.15) is 29.2 Å². The molecule has 0 unspecified atom stereocenters. The molecule has 0 saturated carbocycles. The van der Waals surface area contributed by atoms with Crippen molar-refractivity contribution in [1.82, 2.24) is 15.2 Å². The van der Waals surface area contributed by atoms with Crippen LogP contribution in [0, 0.1) is 0 Å². The molecule has 3 heterocycles. The van der Waals surface area contributed by atoms with E-state index >= 15 is 0 Å². The monoisotopic (exact) mass is 379 g/mol. The third kappa shape index (κ3) is 2.49. The van der Waals surface area contributed by atoms with E-state index < -0.39 is 11.6 Å². The van der Waals surface area contributed by atoms with Crippen LogP contribution < -0.4 is 5.32 Å². The van der Waals surface area contributed by atoms with E-state index in [0.717, 1.165) is 24.0 Å². The van der Waals surface area contributed by atoms with Gasteiger partial charge in [0.05, 0.1) is 6.20 Å². The minimum atomic E-state index is -0.931. The molecule has 1 spiro atoms. The molecule has 0 radical (unpaired) electrons. The van der Waals surface area contributed by atoms with E-state index in [2.05, 4.69) is 10.3 Å². The molecule has 3 amide bonds. The standard InChI is InChI=1S/C20H17N3O3S/c24-18-20(9-4-7-16-14(20)8-10-27-16)22-19(25)23(18)12-17-21-11-15(26-17)13-5-2-1-3-6-13/h1-3,5-6,8,10-11H,4,7,9,12H2,(H,22,25)/t20-/m0/s1. The van der Waals surface area contributed by atoms with E-state index in [9.17, 15) is 9.59 Å². The predicted molar refractivity (Wildman–Crippen MR) is 100.0 cm³/mol. The molecule has 2 aliphatic rings. The van der Waals surface area contributed by atoms with Crippen LogP contribution in [-0.2, 0) is 23.3 Å². The van der Waals surface area contributed by atoms with Crippen molar-refractivity contribution in [2.45, 2.75) is 31.3 Å². The maximum Gasteiger partial charge on any atom is 0.325 e. The SMILES string of the molecule is O=C1N[C@]2(CCCc3sccc32)C(=O)N1Cc1ncc(-c2ccccc2)o1. The Balaban J connectivity index is 1.42. The van der Waals surface area contributed by atoms with Crippen molar-refractivity contribution >= 4 is 23.3 Å². The van der Waals surface area contributed by atoms with Gasteiger partial charge in [-0.1, -0.05) is 30.3 Å². The van der Waals surface area contributed by atoms with Crippen LogP contribution >= 0.6 is 11.3 Å². The number of oxazole rings is 1. The first-order chi connectivity index (χ1) is 13.2. The zero-order valence-corrected chi connectivity index (χ0v) is 15.3. The van der Waals surface area contributed by atoms with Gasteiger partial charge in [-0.15, -0.1) is 11.3 Å². The molecule has 1 aliphatic heterocycles. The van der Waals surface area contributed by atoms with E-state index in [4.69, 9.17) is 4.42 Å². The summed E-state index contributed by atoms with van der Waals surface area (Å²) in [5, 5.41) is 4.93. The summed E-state index contributed by atoms with van der Waals surface area (Å²) in [5.74, 6) is 0.743. The van der Waals surface area contributed by atoms with Crippen LogP contribution in [-0.4, -0.2) is 21.8 Å². The molecule has 3 aromatic rings. The number of rotatable bonds is 3.